The van der Waals surface area contributed by atoms with Crippen molar-refractivity contribution < 1.29 is 0 Å². The number of rotatable bonds is 3. The SMILES string of the molecule is CC1CCCC(NCc2ccc(Br)cn2)C1C. The molecule has 1 aliphatic rings. The molecule has 0 spiro atoms. The van der Waals surface area contributed by atoms with Crippen molar-refractivity contribution in [1.29, 1.82) is 0 Å². The van der Waals surface area contributed by atoms with Crippen LogP contribution in [0.3, 0.4) is 0 Å². The van der Waals surface area contributed by atoms with Crippen LogP contribution in [0.1, 0.15) is 38.8 Å². The van der Waals surface area contributed by atoms with E-state index in [9.17, 15) is 0 Å². The number of aromatic nitrogens is 1. The smallest absolute Gasteiger partial charge is 0.0542 e. The van der Waals surface area contributed by atoms with Gasteiger partial charge in [-0.2, -0.15) is 0 Å². The highest BCUT2D eigenvalue weighted by Crippen LogP contribution is 2.29. The van der Waals surface area contributed by atoms with Crippen molar-refractivity contribution in [2.75, 3.05) is 0 Å². The molecule has 3 heteroatoms. The topological polar surface area (TPSA) is 24.9 Å². The van der Waals surface area contributed by atoms with Gasteiger partial charge in [-0.15, -0.1) is 0 Å². The van der Waals surface area contributed by atoms with Crippen molar-refractivity contribution in [3.8, 4) is 0 Å². The van der Waals surface area contributed by atoms with E-state index >= 15 is 0 Å². The summed E-state index contributed by atoms with van der Waals surface area (Å²) in [5.74, 6) is 1.62. The highest BCUT2D eigenvalue weighted by molar-refractivity contribution is 9.10. The number of nitrogens with zero attached hydrogens (tertiary/aromatic N) is 1. The molecule has 1 fully saturated rings. The Hall–Kier alpha value is -0.410. The molecule has 17 heavy (non-hydrogen) atoms. The Morgan fingerprint density at radius 3 is 2.88 bits per heavy atom. The summed E-state index contributed by atoms with van der Waals surface area (Å²) in [6.45, 7) is 5.63. The lowest BCUT2D eigenvalue weighted by atomic mass is 9.78. The number of halogens is 1. The molecule has 94 valence electrons. The second kappa shape index (κ2) is 5.96. The second-order valence-corrected chi connectivity index (χ2v) is 6.14. The summed E-state index contributed by atoms with van der Waals surface area (Å²) in [5, 5.41) is 3.66. The predicted molar refractivity (Wildman–Crippen MR) is 74.7 cm³/mol. The van der Waals surface area contributed by atoms with E-state index < -0.39 is 0 Å². The fraction of sp³-hybridized carbons (Fsp3) is 0.643. The monoisotopic (exact) mass is 296 g/mol. The molecule has 0 bridgehead atoms. The Morgan fingerprint density at radius 2 is 2.18 bits per heavy atom. The number of hydrogen-bond acceptors (Lipinski definition) is 2. The minimum atomic E-state index is 0.657. The molecular formula is C14H21BrN2. The zero-order chi connectivity index (χ0) is 12.3. The van der Waals surface area contributed by atoms with Gasteiger partial charge in [0.05, 0.1) is 5.69 Å². The molecule has 2 nitrogen and oxygen atoms in total. The molecule has 1 saturated carbocycles. The minimum Gasteiger partial charge on any atom is -0.308 e. The Labute approximate surface area is 112 Å². The van der Waals surface area contributed by atoms with Crippen LogP contribution in [0, 0.1) is 11.8 Å². The first-order valence-corrected chi connectivity index (χ1v) is 7.30. The van der Waals surface area contributed by atoms with Crippen LogP contribution in [0.15, 0.2) is 22.8 Å². The molecule has 0 aromatic carbocycles. The van der Waals surface area contributed by atoms with Gasteiger partial charge in [-0.25, -0.2) is 0 Å². The predicted octanol–water partition coefficient (Wildman–Crippen LogP) is 3.76. The quantitative estimate of drug-likeness (QED) is 0.919. The standard InChI is InChI=1S/C14H21BrN2/c1-10-4-3-5-14(11(10)2)17-9-13-7-6-12(15)8-16-13/h6-8,10-11,14,17H,3-5,9H2,1-2H3. The first-order chi connectivity index (χ1) is 8.16. The normalized spacial score (nSPS) is 29.2. The molecule has 3 atom stereocenters. The first-order valence-electron chi connectivity index (χ1n) is 6.50. The van der Waals surface area contributed by atoms with Crippen molar-refractivity contribution >= 4 is 15.9 Å². The molecule has 1 N–H and O–H groups in total. The molecular weight excluding hydrogens is 276 g/mol. The molecule has 1 aliphatic carbocycles. The van der Waals surface area contributed by atoms with Gasteiger partial charge in [0.1, 0.15) is 0 Å². The maximum atomic E-state index is 4.40. The van der Waals surface area contributed by atoms with Gasteiger partial charge in [0.25, 0.3) is 0 Å². The van der Waals surface area contributed by atoms with E-state index in [0.717, 1.165) is 28.5 Å². The highest BCUT2D eigenvalue weighted by Gasteiger charge is 2.26. The molecule has 1 aromatic rings. The van der Waals surface area contributed by atoms with Gasteiger partial charge in [-0.05, 0) is 46.3 Å². The van der Waals surface area contributed by atoms with Crippen LogP contribution >= 0.6 is 15.9 Å². The Bertz CT molecular complexity index is 350. The van der Waals surface area contributed by atoms with E-state index in [1.54, 1.807) is 0 Å². The Morgan fingerprint density at radius 1 is 1.35 bits per heavy atom. The average Bonchev–Trinajstić information content (AvgIpc) is 2.33. The van der Waals surface area contributed by atoms with Gasteiger partial charge in [0, 0.05) is 23.3 Å². The van der Waals surface area contributed by atoms with Gasteiger partial charge in [0.2, 0.25) is 0 Å². The summed E-state index contributed by atoms with van der Waals surface area (Å²) >= 11 is 3.41. The minimum absolute atomic E-state index is 0.657. The third kappa shape index (κ3) is 3.52. The molecule has 0 amide bonds. The second-order valence-electron chi connectivity index (χ2n) is 5.22. The highest BCUT2D eigenvalue weighted by atomic mass is 79.9. The summed E-state index contributed by atoms with van der Waals surface area (Å²) in [6.07, 6.45) is 5.92. The van der Waals surface area contributed by atoms with E-state index in [1.807, 2.05) is 6.20 Å². The van der Waals surface area contributed by atoms with E-state index in [1.165, 1.54) is 19.3 Å². The van der Waals surface area contributed by atoms with Gasteiger partial charge < -0.3 is 5.32 Å². The number of pyridine rings is 1. The Balaban J connectivity index is 1.87. The van der Waals surface area contributed by atoms with Crippen molar-refractivity contribution in [3.63, 3.8) is 0 Å². The lowest BCUT2D eigenvalue weighted by Gasteiger charge is -2.34. The molecule has 1 aromatic heterocycles. The summed E-state index contributed by atoms with van der Waals surface area (Å²) in [7, 11) is 0. The number of hydrogen-bond donors (Lipinski definition) is 1. The van der Waals surface area contributed by atoms with E-state index in [2.05, 4.69) is 52.2 Å². The fourth-order valence-electron chi connectivity index (χ4n) is 2.62. The molecule has 0 radical (unpaired) electrons. The summed E-state index contributed by atoms with van der Waals surface area (Å²) in [4.78, 5) is 4.40. The molecule has 0 aliphatic heterocycles. The van der Waals surface area contributed by atoms with E-state index in [-0.39, 0.29) is 0 Å². The Kier molecular flexibility index (Phi) is 4.57. The molecule has 2 rings (SSSR count). The zero-order valence-electron chi connectivity index (χ0n) is 10.6. The van der Waals surface area contributed by atoms with Gasteiger partial charge in [-0.3, -0.25) is 4.98 Å². The third-order valence-electron chi connectivity index (χ3n) is 4.04. The summed E-state index contributed by atoms with van der Waals surface area (Å²) < 4.78 is 1.04. The van der Waals surface area contributed by atoms with Gasteiger partial charge in [-0.1, -0.05) is 26.7 Å². The molecule has 1 heterocycles. The summed E-state index contributed by atoms with van der Waals surface area (Å²) in [5.41, 5.74) is 1.12. The average molecular weight is 297 g/mol. The third-order valence-corrected chi connectivity index (χ3v) is 4.51. The van der Waals surface area contributed by atoms with Crippen molar-refractivity contribution in [2.45, 2.75) is 45.7 Å². The number of nitrogens with one attached hydrogen (secondary N) is 1. The van der Waals surface area contributed by atoms with E-state index in [0.29, 0.717) is 6.04 Å². The van der Waals surface area contributed by atoms with Gasteiger partial charge in [0.15, 0.2) is 0 Å². The zero-order valence-corrected chi connectivity index (χ0v) is 12.2. The molecule has 3 unspecified atom stereocenters. The van der Waals surface area contributed by atoms with Crippen LogP contribution in [0.5, 0.6) is 0 Å². The lowest BCUT2D eigenvalue weighted by Crippen LogP contribution is -2.40. The maximum Gasteiger partial charge on any atom is 0.0542 e. The fourth-order valence-corrected chi connectivity index (χ4v) is 2.85. The maximum absolute atomic E-state index is 4.40. The largest absolute Gasteiger partial charge is 0.308 e. The van der Waals surface area contributed by atoms with Crippen LogP contribution in [-0.4, -0.2) is 11.0 Å². The van der Waals surface area contributed by atoms with E-state index in [4.69, 9.17) is 0 Å². The lowest BCUT2D eigenvalue weighted by molar-refractivity contribution is 0.205. The van der Waals surface area contributed by atoms with Crippen molar-refractivity contribution in [1.82, 2.24) is 10.3 Å². The summed E-state index contributed by atoms with van der Waals surface area (Å²) in [6, 6.07) is 4.79. The molecule has 0 saturated heterocycles. The van der Waals surface area contributed by atoms with Crippen LogP contribution < -0.4 is 5.32 Å². The van der Waals surface area contributed by atoms with Crippen LogP contribution in [-0.2, 0) is 6.54 Å². The van der Waals surface area contributed by atoms with Crippen molar-refractivity contribution in [3.05, 3.63) is 28.5 Å². The van der Waals surface area contributed by atoms with Crippen LogP contribution in [0.2, 0.25) is 0 Å². The first kappa shape index (κ1) is 13.0. The van der Waals surface area contributed by atoms with Crippen LogP contribution in [0.4, 0.5) is 0 Å². The van der Waals surface area contributed by atoms with Crippen molar-refractivity contribution in [2.24, 2.45) is 11.8 Å². The van der Waals surface area contributed by atoms with Gasteiger partial charge >= 0.3 is 0 Å². The van der Waals surface area contributed by atoms with Crippen LogP contribution in [0.25, 0.3) is 0 Å².